The number of ether oxygens (including phenoxy) is 2. The topological polar surface area (TPSA) is 57.3 Å². The molecule has 0 saturated carbocycles. The van der Waals surface area contributed by atoms with Crippen LogP contribution in [0.4, 0.5) is 0 Å². The lowest BCUT2D eigenvalue weighted by Gasteiger charge is -2.17. The summed E-state index contributed by atoms with van der Waals surface area (Å²) >= 11 is 12.3. The van der Waals surface area contributed by atoms with Crippen LogP contribution in [0, 0.1) is 11.7 Å². The van der Waals surface area contributed by atoms with Gasteiger partial charge in [0, 0.05) is 29.5 Å². The normalized spacial score (nSPS) is 11.1. The first-order valence-electron chi connectivity index (χ1n) is 10.7. The van der Waals surface area contributed by atoms with Crippen LogP contribution < -0.4 is 9.47 Å². The summed E-state index contributed by atoms with van der Waals surface area (Å²) in [6.07, 6.45) is 3.49. The molecule has 2 aromatic carbocycles. The first-order valence-corrected chi connectivity index (χ1v) is 11.5. The molecule has 2 aromatic heterocycles. The van der Waals surface area contributed by atoms with Crippen molar-refractivity contribution in [2.45, 2.75) is 20.1 Å². The Morgan fingerprint density at radius 3 is 2.47 bits per heavy atom. The second kappa shape index (κ2) is 10.4. The quantitative estimate of drug-likeness (QED) is 0.299. The Bertz CT molecular complexity index is 1350. The van der Waals surface area contributed by atoms with Gasteiger partial charge in [-0.05, 0) is 73.7 Å². The number of benzene rings is 2. The van der Waals surface area contributed by atoms with Crippen LogP contribution in [0.25, 0.3) is 17.1 Å². The Hall–Kier alpha value is -3.20. The number of hydrogen-bond donors (Lipinski definition) is 0. The fourth-order valence-electron chi connectivity index (χ4n) is 3.81. The molecular formula is C25H26ClN5O2S. The molecule has 0 N–H and O–H groups in total. The number of aromatic nitrogens is 4. The van der Waals surface area contributed by atoms with E-state index in [-0.39, 0.29) is 0 Å². The monoisotopic (exact) mass is 495 g/mol. The molecule has 9 heteroatoms. The molecule has 0 atom stereocenters. The smallest absolute Gasteiger partial charge is 0.204 e. The Labute approximate surface area is 209 Å². The summed E-state index contributed by atoms with van der Waals surface area (Å²) in [4.78, 5) is 6.27. The lowest BCUT2D eigenvalue weighted by Crippen LogP contribution is -2.22. The van der Waals surface area contributed by atoms with Gasteiger partial charge >= 0.3 is 0 Å². The van der Waals surface area contributed by atoms with Gasteiger partial charge < -0.3 is 9.47 Å². The fraction of sp³-hybridized carbons (Fsp3) is 0.240. The molecule has 0 bridgehead atoms. The van der Waals surface area contributed by atoms with Crippen LogP contribution in [-0.4, -0.2) is 45.5 Å². The second-order valence-electron chi connectivity index (χ2n) is 7.91. The maximum atomic E-state index is 6.43. The molecule has 0 fully saturated rings. The van der Waals surface area contributed by atoms with Crippen LogP contribution in [0.2, 0.25) is 5.02 Å². The Morgan fingerprint density at radius 1 is 1.03 bits per heavy atom. The van der Waals surface area contributed by atoms with Crippen molar-refractivity contribution in [2.75, 3.05) is 21.3 Å². The zero-order valence-electron chi connectivity index (χ0n) is 19.5. The summed E-state index contributed by atoms with van der Waals surface area (Å²) in [5.74, 6) is 2.14. The summed E-state index contributed by atoms with van der Waals surface area (Å²) in [7, 11) is 5.29. The molecule has 0 unspecified atom stereocenters. The average molecular weight is 496 g/mol. The molecule has 0 amide bonds. The van der Waals surface area contributed by atoms with Crippen LogP contribution in [0.5, 0.6) is 11.5 Å². The Balaban J connectivity index is 1.70. The molecule has 0 aliphatic heterocycles. The molecule has 0 aliphatic rings. The zero-order chi connectivity index (χ0) is 24.2. The lowest BCUT2D eigenvalue weighted by atomic mass is 10.2. The third-order valence-electron chi connectivity index (χ3n) is 5.53. The van der Waals surface area contributed by atoms with Crippen molar-refractivity contribution < 1.29 is 9.47 Å². The number of pyridine rings is 1. The van der Waals surface area contributed by atoms with Gasteiger partial charge in [-0.25, -0.2) is 4.68 Å². The first-order chi connectivity index (χ1) is 16.4. The van der Waals surface area contributed by atoms with Crippen molar-refractivity contribution in [3.8, 4) is 28.6 Å². The maximum Gasteiger partial charge on any atom is 0.204 e. The summed E-state index contributed by atoms with van der Waals surface area (Å²) in [6, 6.07) is 15.5. The highest BCUT2D eigenvalue weighted by Crippen LogP contribution is 2.29. The third kappa shape index (κ3) is 4.84. The summed E-state index contributed by atoms with van der Waals surface area (Å²) in [5.41, 5.74) is 3.85. The van der Waals surface area contributed by atoms with E-state index < -0.39 is 0 Å². The third-order valence-corrected chi connectivity index (χ3v) is 6.34. The molecular weight excluding hydrogens is 470 g/mol. The number of hydrogen-bond acceptors (Lipinski definition) is 6. The van der Waals surface area contributed by atoms with Gasteiger partial charge in [0.2, 0.25) is 4.77 Å². The first kappa shape index (κ1) is 23.9. The molecule has 7 nitrogen and oxygen atoms in total. The van der Waals surface area contributed by atoms with E-state index in [0.717, 1.165) is 28.2 Å². The highest BCUT2D eigenvalue weighted by atomic mass is 35.5. The van der Waals surface area contributed by atoms with Crippen LogP contribution in [-0.2, 0) is 13.2 Å². The predicted molar refractivity (Wildman–Crippen MR) is 136 cm³/mol. The molecule has 34 heavy (non-hydrogen) atoms. The van der Waals surface area contributed by atoms with Gasteiger partial charge in [0.15, 0.2) is 17.3 Å². The largest absolute Gasteiger partial charge is 0.493 e. The van der Waals surface area contributed by atoms with Crippen molar-refractivity contribution >= 4 is 23.8 Å². The summed E-state index contributed by atoms with van der Waals surface area (Å²) < 4.78 is 15.2. The van der Waals surface area contributed by atoms with Crippen molar-refractivity contribution in [2.24, 2.45) is 0 Å². The van der Waals surface area contributed by atoms with Gasteiger partial charge in [-0.1, -0.05) is 23.7 Å². The van der Waals surface area contributed by atoms with E-state index in [1.165, 1.54) is 0 Å². The molecule has 0 saturated heterocycles. The van der Waals surface area contributed by atoms with E-state index in [9.17, 15) is 0 Å². The summed E-state index contributed by atoms with van der Waals surface area (Å²) in [5, 5.41) is 5.57. The molecule has 4 aromatic rings. The fourth-order valence-corrected chi connectivity index (χ4v) is 4.27. The number of halogens is 1. The van der Waals surface area contributed by atoms with Crippen molar-refractivity contribution in [1.29, 1.82) is 0 Å². The number of methoxy groups -OCH3 is 2. The molecule has 0 aliphatic carbocycles. The Morgan fingerprint density at radius 2 is 1.76 bits per heavy atom. The highest BCUT2D eigenvalue weighted by Gasteiger charge is 2.18. The number of nitrogens with zero attached hydrogens (tertiary/aromatic N) is 5. The minimum atomic E-state index is 0.498. The molecule has 176 valence electrons. The van der Waals surface area contributed by atoms with Gasteiger partial charge in [-0.3, -0.25) is 14.5 Å². The van der Waals surface area contributed by atoms with Gasteiger partial charge in [0.25, 0.3) is 0 Å². The van der Waals surface area contributed by atoms with Crippen LogP contribution in [0.1, 0.15) is 11.1 Å². The van der Waals surface area contributed by atoms with E-state index >= 15 is 0 Å². The van der Waals surface area contributed by atoms with E-state index in [4.69, 9.17) is 38.4 Å². The van der Waals surface area contributed by atoms with Crippen LogP contribution in [0.15, 0.2) is 60.9 Å². The van der Waals surface area contributed by atoms with Gasteiger partial charge in [0.05, 0.1) is 26.6 Å². The van der Waals surface area contributed by atoms with Crippen molar-refractivity contribution in [3.05, 3.63) is 81.8 Å². The van der Waals surface area contributed by atoms with Crippen LogP contribution in [0.3, 0.4) is 0 Å². The van der Waals surface area contributed by atoms with Gasteiger partial charge in [-0.15, -0.1) is 5.10 Å². The van der Waals surface area contributed by atoms with Crippen LogP contribution >= 0.6 is 23.8 Å². The van der Waals surface area contributed by atoms with E-state index in [1.807, 2.05) is 71.8 Å². The zero-order valence-corrected chi connectivity index (χ0v) is 21.1. The molecule has 4 rings (SSSR count). The second-order valence-corrected chi connectivity index (χ2v) is 8.68. The Kier molecular flexibility index (Phi) is 7.31. The molecule has 0 radical (unpaired) electrons. The van der Waals surface area contributed by atoms with Crippen molar-refractivity contribution in [3.63, 3.8) is 0 Å². The van der Waals surface area contributed by atoms with E-state index in [1.54, 1.807) is 26.6 Å². The minimum Gasteiger partial charge on any atom is -0.493 e. The van der Waals surface area contributed by atoms with Gasteiger partial charge in [0.1, 0.15) is 0 Å². The summed E-state index contributed by atoms with van der Waals surface area (Å²) in [6.45, 7) is 3.16. The number of rotatable bonds is 8. The van der Waals surface area contributed by atoms with Gasteiger partial charge in [-0.2, -0.15) is 0 Å². The SMILES string of the molecule is COc1ccc(CN(C)Cn2nc(-c3ccncc3)n(-c3cccc(Cl)c3C)c2=S)cc1OC. The lowest BCUT2D eigenvalue weighted by molar-refractivity contribution is 0.243. The van der Waals surface area contributed by atoms with Crippen molar-refractivity contribution in [1.82, 2.24) is 24.2 Å². The average Bonchev–Trinajstić information content (AvgIpc) is 3.16. The van der Waals surface area contributed by atoms with E-state index in [2.05, 4.69) is 9.88 Å². The van der Waals surface area contributed by atoms with E-state index in [0.29, 0.717) is 34.5 Å². The predicted octanol–water partition coefficient (Wildman–Crippen LogP) is 5.53. The highest BCUT2D eigenvalue weighted by molar-refractivity contribution is 7.71. The minimum absolute atomic E-state index is 0.498. The molecule has 0 spiro atoms. The maximum absolute atomic E-state index is 6.43. The standard InChI is InChI=1S/C25H26ClN5O2S/c1-17-20(26)6-5-7-21(17)31-24(19-10-12-27-13-11-19)28-30(25(31)34)16-29(2)15-18-8-9-22(32-3)23(14-18)33-4/h5-14H,15-16H2,1-4H3. The molecule has 2 heterocycles.